The van der Waals surface area contributed by atoms with Gasteiger partial charge in [0.15, 0.2) is 0 Å². The molecule has 0 N–H and O–H groups in total. The Morgan fingerprint density at radius 3 is 2.39 bits per heavy atom. The average molecular weight is 249 g/mol. The van der Waals surface area contributed by atoms with Crippen molar-refractivity contribution >= 4 is 0 Å². The molecule has 2 atom stereocenters. The molecule has 1 aromatic rings. The van der Waals surface area contributed by atoms with Gasteiger partial charge in [0.1, 0.15) is 5.82 Å². The lowest BCUT2D eigenvalue weighted by atomic mass is 9.89. The second kappa shape index (κ2) is 4.65. The SMILES string of the molecule is Cc1ccc([C@@H]2CN(C(C)(C)C)CC2C)c(F)c1. The van der Waals surface area contributed by atoms with Crippen molar-refractivity contribution in [1.82, 2.24) is 4.90 Å². The van der Waals surface area contributed by atoms with Crippen LogP contribution in [-0.4, -0.2) is 23.5 Å². The molecule has 2 rings (SSSR count). The number of hydrogen-bond donors (Lipinski definition) is 0. The first kappa shape index (κ1) is 13.5. The van der Waals surface area contributed by atoms with Crippen LogP contribution in [0.15, 0.2) is 18.2 Å². The third-order valence-corrected chi connectivity index (χ3v) is 4.12. The molecule has 18 heavy (non-hydrogen) atoms. The first-order chi connectivity index (χ1) is 8.29. The fourth-order valence-corrected chi connectivity index (χ4v) is 2.85. The van der Waals surface area contributed by atoms with Crippen LogP contribution < -0.4 is 0 Å². The van der Waals surface area contributed by atoms with Crippen molar-refractivity contribution in [2.24, 2.45) is 5.92 Å². The van der Waals surface area contributed by atoms with Gasteiger partial charge in [-0.05, 0) is 50.8 Å². The summed E-state index contributed by atoms with van der Waals surface area (Å²) in [5.41, 5.74) is 2.05. The molecule has 1 aliphatic heterocycles. The Labute approximate surface area is 110 Å². The molecule has 0 aliphatic carbocycles. The molecule has 0 amide bonds. The Hall–Kier alpha value is -0.890. The number of hydrogen-bond acceptors (Lipinski definition) is 1. The molecule has 1 fully saturated rings. The summed E-state index contributed by atoms with van der Waals surface area (Å²) in [6.45, 7) is 12.9. The second-order valence-electron chi connectivity index (χ2n) is 6.68. The van der Waals surface area contributed by atoms with Crippen LogP contribution in [0.3, 0.4) is 0 Å². The van der Waals surface area contributed by atoms with Crippen LogP contribution in [-0.2, 0) is 0 Å². The molecule has 0 saturated carbocycles. The molecule has 1 heterocycles. The van der Waals surface area contributed by atoms with E-state index < -0.39 is 0 Å². The average Bonchev–Trinajstić information content (AvgIpc) is 2.60. The zero-order valence-electron chi connectivity index (χ0n) is 12.1. The highest BCUT2D eigenvalue weighted by atomic mass is 19.1. The Morgan fingerprint density at radius 1 is 1.22 bits per heavy atom. The maximum absolute atomic E-state index is 14.1. The Balaban J connectivity index is 2.24. The van der Waals surface area contributed by atoms with Gasteiger partial charge in [0.2, 0.25) is 0 Å². The minimum atomic E-state index is -0.0393. The molecule has 0 bridgehead atoms. The molecule has 0 aromatic heterocycles. The largest absolute Gasteiger partial charge is 0.298 e. The lowest BCUT2D eigenvalue weighted by Gasteiger charge is -2.31. The third-order valence-electron chi connectivity index (χ3n) is 4.12. The Morgan fingerprint density at radius 2 is 1.89 bits per heavy atom. The summed E-state index contributed by atoms with van der Waals surface area (Å²) in [5.74, 6) is 0.800. The van der Waals surface area contributed by atoms with Gasteiger partial charge < -0.3 is 0 Å². The number of aryl methyl sites for hydroxylation is 1. The van der Waals surface area contributed by atoms with Crippen molar-refractivity contribution in [3.05, 3.63) is 35.1 Å². The zero-order chi connectivity index (χ0) is 13.5. The number of halogens is 1. The maximum atomic E-state index is 14.1. The van der Waals surface area contributed by atoms with Crippen molar-refractivity contribution in [2.45, 2.75) is 46.1 Å². The summed E-state index contributed by atoms with van der Waals surface area (Å²) in [4.78, 5) is 2.46. The van der Waals surface area contributed by atoms with Gasteiger partial charge in [-0.15, -0.1) is 0 Å². The normalized spacial score (nSPS) is 25.7. The zero-order valence-corrected chi connectivity index (χ0v) is 12.1. The topological polar surface area (TPSA) is 3.24 Å². The Bertz CT molecular complexity index is 433. The lowest BCUT2D eigenvalue weighted by molar-refractivity contribution is 0.168. The smallest absolute Gasteiger partial charge is 0.127 e. The van der Waals surface area contributed by atoms with Crippen LogP contribution in [0.2, 0.25) is 0 Å². The van der Waals surface area contributed by atoms with Crippen molar-refractivity contribution in [3.63, 3.8) is 0 Å². The van der Waals surface area contributed by atoms with Crippen LogP contribution >= 0.6 is 0 Å². The number of benzene rings is 1. The number of likely N-dealkylation sites (tertiary alicyclic amines) is 1. The van der Waals surface area contributed by atoms with Crippen molar-refractivity contribution < 1.29 is 4.39 Å². The van der Waals surface area contributed by atoms with Crippen molar-refractivity contribution in [2.75, 3.05) is 13.1 Å². The van der Waals surface area contributed by atoms with Crippen LogP contribution in [0.1, 0.15) is 44.7 Å². The van der Waals surface area contributed by atoms with Crippen LogP contribution in [0, 0.1) is 18.7 Å². The van der Waals surface area contributed by atoms with E-state index in [0.717, 1.165) is 24.2 Å². The van der Waals surface area contributed by atoms with Crippen LogP contribution in [0.5, 0.6) is 0 Å². The van der Waals surface area contributed by atoms with Gasteiger partial charge in [-0.3, -0.25) is 4.90 Å². The van der Waals surface area contributed by atoms with E-state index in [1.54, 1.807) is 6.07 Å². The van der Waals surface area contributed by atoms with E-state index in [4.69, 9.17) is 0 Å². The summed E-state index contributed by atoms with van der Waals surface area (Å²) in [6, 6.07) is 5.64. The van der Waals surface area contributed by atoms with E-state index in [0.29, 0.717) is 11.8 Å². The van der Waals surface area contributed by atoms with E-state index >= 15 is 0 Å². The summed E-state index contributed by atoms with van der Waals surface area (Å²) in [6.07, 6.45) is 0. The van der Waals surface area contributed by atoms with Gasteiger partial charge in [0.25, 0.3) is 0 Å². The summed E-state index contributed by atoms with van der Waals surface area (Å²) in [7, 11) is 0. The summed E-state index contributed by atoms with van der Waals surface area (Å²) < 4.78 is 14.1. The Kier molecular flexibility index (Phi) is 3.50. The molecule has 1 saturated heterocycles. The van der Waals surface area contributed by atoms with Gasteiger partial charge in [-0.25, -0.2) is 4.39 Å². The van der Waals surface area contributed by atoms with Gasteiger partial charge in [0.05, 0.1) is 0 Å². The monoisotopic (exact) mass is 249 g/mol. The fourth-order valence-electron chi connectivity index (χ4n) is 2.85. The van der Waals surface area contributed by atoms with E-state index in [1.165, 1.54) is 0 Å². The quantitative estimate of drug-likeness (QED) is 0.728. The molecule has 100 valence electrons. The summed E-state index contributed by atoms with van der Waals surface area (Å²) >= 11 is 0. The molecule has 2 heteroatoms. The van der Waals surface area contributed by atoms with E-state index in [2.05, 4.69) is 32.6 Å². The van der Waals surface area contributed by atoms with Crippen LogP contribution in [0.25, 0.3) is 0 Å². The van der Waals surface area contributed by atoms with Crippen molar-refractivity contribution in [1.29, 1.82) is 0 Å². The lowest BCUT2D eigenvalue weighted by Crippen LogP contribution is -2.39. The maximum Gasteiger partial charge on any atom is 0.127 e. The second-order valence-corrected chi connectivity index (χ2v) is 6.68. The molecule has 1 nitrogen and oxygen atoms in total. The highest BCUT2D eigenvalue weighted by Crippen LogP contribution is 2.36. The van der Waals surface area contributed by atoms with Gasteiger partial charge in [0, 0.05) is 24.5 Å². The first-order valence-electron chi connectivity index (χ1n) is 6.80. The van der Waals surface area contributed by atoms with E-state index in [9.17, 15) is 4.39 Å². The number of nitrogens with zero attached hydrogens (tertiary/aromatic N) is 1. The fraction of sp³-hybridized carbons (Fsp3) is 0.625. The molecular formula is C16H24FN. The minimum absolute atomic E-state index is 0.0393. The van der Waals surface area contributed by atoms with E-state index in [-0.39, 0.29) is 11.4 Å². The molecule has 1 aliphatic rings. The molecule has 1 unspecified atom stereocenters. The predicted octanol–water partition coefficient (Wildman–Crippen LogP) is 3.97. The molecule has 0 radical (unpaired) electrons. The predicted molar refractivity (Wildman–Crippen MR) is 74.4 cm³/mol. The van der Waals surface area contributed by atoms with E-state index in [1.807, 2.05) is 19.1 Å². The van der Waals surface area contributed by atoms with Crippen molar-refractivity contribution in [3.8, 4) is 0 Å². The first-order valence-corrected chi connectivity index (χ1v) is 6.80. The number of rotatable bonds is 1. The molecular weight excluding hydrogens is 225 g/mol. The van der Waals surface area contributed by atoms with Gasteiger partial charge in [-0.1, -0.05) is 19.1 Å². The van der Waals surface area contributed by atoms with Crippen LogP contribution in [0.4, 0.5) is 4.39 Å². The highest BCUT2D eigenvalue weighted by Gasteiger charge is 2.36. The minimum Gasteiger partial charge on any atom is -0.298 e. The third kappa shape index (κ3) is 2.59. The molecule has 0 spiro atoms. The highest BCUT2D eigenvalue weighted by molar-refractivity contribution is 5.28. The summed E-state index contributed by atoms with van der Waals surface area (Å²) in [5, 5.41) is 0. The molecule has 1 aromatic carbocycles. The van der Waals surface area contributed by atoms with Gasteiger partial charge in [-0.2, -0.15) is 0 Å². The standard InChI is InChI=1S/C16H24FN/c1-11-6-7-13(15(17)8-11)14-10-18(9-12(14)2)16(3,4)5/h6-8,12,14H,9-10H2,1-5H3/t12?,14-/m1/s1. The van der Waals surface area contributed by atoms with Gasteiger partial charge >= 0.3 is 0 Å².